The second-order valence-electron chi connectivity index (χ2n) is 6.15. The molecule has 0 radical (unpaired) electrons. The van der Waals surface area contributed by atoms with E-state index in [4.69, 9.17) is 21.1 Å². The van der Waals surface area contributed by atoms with E-state index in [0.29, 0.717) is 6.61 Å². The Kier molecular flexibility index (Phi) is 5.03. The molecule has 1 N–H and O–H groups in total. The molecule has 1 unspecified atom stereocenters. The number of hydrogen-bond acceptors (Lipinski definition) is 5. The molecule has 1 aromatic carbocycles. The molecule has 1 aromatic rings. The molecule has 1 spiro atoms. The summed E-state index contributed by atoms with van der Waals surface area (Å²) in [7, 11) is 0. The van der Waals surface area contributed by atoms with E-state index in [0.717, 1.165) is 25.7 Å². The number of rotatable bonds is 4. The third-order valence-corrected chi connectivity index (χ3v) is 4.65. The fraction of sp³-hybridized carbons (Fsp3) is 0.562. The van der Waals surface area contributed by atoms with E-state index in [9.17, 15) is 14.9 Å². The summed E-state index contributed by atoms with van der Waals surface area (Å²) >= 11 is 5.84. The Hall–Kier alpha value is -1.70. The Morgan fingerprint density at radius 1 is 1.38 bits per heavy atom. The smallest absolute Gasteiger partial charge is 0.282 e. The highest BCUT2D eigenvalue weighted by Crippen LogP contribution is 2.37. The average Bonchev–Trinajstić information content (AvgIpc) is 2.95. The highest BCUT2D eigenvalue weighted by Gasteiger charge is 2.42. The van der Waals surface area contributed by atoms with Gasteiger partial charge in [0.1, 0.15) is 11.7 Å². The number of nitro groups is 1. The van der Waals surface area contributed by atoms with E-state index >= 15 is 0 Å². The summed E-state index contributed by atoms with van der Waals surface area (Å²) in [5.74, 6) is -1.05. The van der Waals surface area contributed by atoms with Crippen LogP contribution < -0.4 is 5.32 Å². The minimum absolute atomic E-state index is 0.0567. The maximum atomic E-state index is 12.3. The first-order chi connectivity index (χ1) is 11.5. The summed E-state index contributed by atoms with van der Waals surface area (Å²) < 4.78 is 11.8. The van der Waals surface area contributed by atoms with E-state index in [1.165, 1.54) is 24.6 Å². The first-order valence-corrected chi connectivity index (χ1v) is 8.41. The molecule has 1 saturated carbocycles. The molecule has 2 fully saturated rings. The molecule has 1 aliphatic carbocycles. The number of benzene rings is 1. The van der Waals surface area contributed by atoms with Crippen molar-refractivity contribution in [2.75, 3.05) is 13.2 Å². The van der Waals surface area contributed by atoms with Gasteiger partial charge >= 0.3 is 0 Å². The predicted octanol–water partition coefficient (Wildman–Crippen LogP) is 3.05. The van der Waals surface area contributed by atoms with Crippen LogP contribution in [0, 0.1) is 10.1 Å². The van der Waals surface area contributed by atoms with Gasteiger partial charge in [0.05, 0.1) is 11.5 Å². The molecule has 0 bridgehead atoms. The van der Waals surface area contributed by atoms with Gasteiger partial charge in [0.15, 0.2) is 5.79 Å². The van der Waals surface area contributed by atoms with Gasteiger partial charge in [0, 0.05) is 30.5 Å². The van der Waals surface area contributed by atoms with Crippen LogP contribution in [0.4, 0.5) is 5.69 Å². The van der Waals surface area contributed by atoms with Crippen LogP contribution in [-0.4, -0.2) is 35.9 Å². The maximum Gasteiger partial charge on any atom is 0.282 e. The van der Waals surface area contributed by atoms with Crippen molar-refractivity contribution in [2.24, 2.45) is 0 Å². The second kappa shape index (κ2) is 7.04. The molecule has 1 atom stereocenters. The lowest BCUT2D eigenvalue weighted by molar-refractivity contribution is -0.385. The molecule has 0 aromatic heterocycles. The number of nitrogens with zero attached hydrogens (tertiary/aromatic N) is 1. The van der Waals surface area contributed by atoms with Crippen LogP contribution in [0.1, 0.15) is 42.5 Å². The van der Waals surface area contributed by atoms with E-state index in [1.54, 1.807) is 0 Å². The molecule has 1 amide bonds. The lowest BCUT2D eigenvalue weighted by atomic mass is 9.94. The largest absolute Gasteiger partial charge is 0.349 e. The fourth-order valence-corrected chi connectivity index (χ4v) is 3.39. The number of halogens is 1. The Bertz CT molecular complexity index is 645. The fourth-order valence-electron chi connectivity index (χ4n) is 3.22. The van der Waals surface area contributed by atoms with Gasteiger partial charge in [0.2, 0.25) is 0 Å². The molecule has 8 heteroatoms. The van der Waals surface area contributed by atoms with Crippen molar-refractivity contribution in [2.45, 2.75) is 44.0 Å². The molecule has 24 heavy (non-hydrogen) atoms. The van der Waals surface area contributed by atoms with Crippen LogP contribution in [-0.2, 0) is 9.47 Å². The molecular weight excluding hydrogens is 336 g/mol. The Morgan fingerprint density at radius 2 is 2.12 bits per heavy atom. The van der Waals surface area contributed by atoms with E-state index < -0.39 is 16.6 Å². The van der Waals surface area contributed by atoms with Crippen LogP contribution in [0.5, 0.6) is 0 Å². The van der Waals surface area contributed by atoms with Crippen molar-refractivity contribution in [3.63, 3.8) is 0 Å². The summed E-state index contributed by atoms with van der Waals surface area (Å²) in [6.07, 6.45) is 4.84. The van der Waals surface area contributed by atoms with Crippen molar-refractivity contribution in [3.05, 3.63) is 38.9 Å². The zero-order valence-corrected chi connectivity index (χ0v) is 13.9. The van der Waals surface area contributed by atoms with Crippen LogP contribution in [0.25, 0.3) is 0 Å². The lowest BCUT2D eigenvalue weighted by Crippen LogP contribution is -2.37. The molecule has 3 rings (SSSR count). The van der Waals surface area contributed by atoms with Gasteiger partial charge in [-0.25, -0.2) is 0 Å². The van der Waals surface area contributed by atoms with Gasteiger partial charge in [-0.05, 0) is 25.0 Å². The lowest BCUT2D eigenvalue weighted by Gasteiger charge is -2.31. The highest BCUT2D eigenvalue weighted by molar-refractivity contribution is 6.31. The predicted molar refractivity (Wildman–Crippen MR) is 87.1 cm³/mol. The number of nitro benzene ring substituents is 1. The summed E-state index contributed by atoms with van der Waals surface area (Å²) in [5.41, 5.74) is -0.331. The normalized spacial score (nSPS) is 22.5. The summed E-state index contributed by atoms with van der Waals surface area (Å²) in [4.78, 5) is 22.7. The van der Waals surface area contributed by atoms with Gasteiger partial charge in [-0.15, -0.1) is 0 Å². The quantitative estimate of drug-likeness (QED) is 0.662. The molecule has 1 aliphatic heterocycles. The molecule has 130 valence electrons. The Morgan fingerprint density at radius 3 is 2.83 bits per heavy atom. The van der Waals surface area contributed by atoms with Crippen molar-refractivity contribution < 1.29 is 19.2 Å². The van der Waals surface area contributed by atoms with Crippen LogP contribution in [0.2, 0.25) is 5.02 Å². The maximum absolute atomic E-state index is 12.3. The van der Waals surface area contributed by atoms with Crippen molar-refractivity contribution >= 4 is 23.2 Å². The number of nitrogens with one attached hydrogen (secondary N) is 1. The van der Waals surface area contributed by atoms with Gasteiger partial charge < -0.3 is 14.8 Å². The number of carbonyl (C=O) groups excluding carboxylic acids is 1. The number of carbonyl (C=O) groups is 1. The number of amides is 1. The van der Waals surface area contributed by atoms with Crippen molar-refractivity contribution in [3.8, 4) is 0 Å². The minimum Gasteiger partial charge on any atom is -0.349 e. The average molecular weight is 355 g/mol. The standard InChI is InChI=1S/C16H19ClN2O5/c17-11-4-5-14(19(21)22)13(8-11)15(20)18-9-12-10-23-16(24-12)6-2-1-3-7-16/h4-5,8,12H,1-3,6-7,9-10H2,(H,18,20). The Balaban J connectivity index is 1.60. The molecule has 1 saturated heterocycles. The summed E-state index contributed by atoms with van der Waals surface area (Å²) in [6.45, 7) is 0.655. The first-order valence-electron chi connectivity index (χ1n) is 8.03. The van der Waals surface area contributed by atoms with E-state index in [-0.39, 0.29) is 28.9 Å². The third kappa shape index (κ3) is 3.68. The van der Waals surface area contributed by atoms with Gasteiger partial charge in [-0.1, -0.05) is 18.0 Å². The molecular formula is C16H19ClN2O5. The van der Waals surface area contributed by atoms with Gasteiger partial charge in [-0.2, -0.15) is 0 Å². The van der Waals surface area contributed by atoms with Crippen LogP contribution >= 0.6 is 11.6 Å². The SMILES string of the molecule is O=C(NCC1COC2(CCCCC2)O1)c1cc(Cl)ccc1[N+](=O)[O-]. The minimum atomic E-state index is -0.600. The van der Waals surface area contributed by atoms with Crippen molar-refractivity contribution in [1.29, 1.82) is 0 Å². The number of ether oxygens (including phenoxy) is 2. The van der Waals surface area contributed by atoms with Crippen molar-refractivity contribution in [1.82, 2.24) is 5.32 Å². The third-order valence-electron chi connectivity index (χ3n) is 4.42. The zero-order chi connectivity index (χ0) is 17.2. The number of hydrogen-bond donors (Lipinski definition) is 1. The monoisotopic (exact) mass is 354 g/mol. The highest BCUT2D eigenvalue weighted by atomic mass is 35.5. The van der Waals surface area contributed by atoms with E-state index in [1.807, 2.05) is 0 Å². The van der Waals surface area contributed by atoms with Gasteiger partial charge in [-0.3, -0.25) is 14.9 Å². The summed E-state index contributed by atoms with van der Waals surface area (Å²) in [5, 5.41) is 14.0. The molecule has 2 aliphatic rings. The van der Waals surface area contributed by atoms with Crippen LogP contribution in [0.3, 0.4) is 0 Å². The zero-order valence-electron chi connectivity index (χ0n) is 13.1. The summed E-state index contributed by atoms with van der Waals surface area (Å²) in [6, 6.07) is 3.91. The molecule has 1 heterocycles. The topological polar surface area (TPSA) is 90.7 Å². The second-order valence-corrected chi connectivity index (χ2v) is 6.59. The molecule has 7 nitrogen and oxygen atoms in total. The van der Waals surface area contributed by atoms with E-state index in [2.05, 4.69) is 5.32 Å². The first kappa shape index (κ1) is 17.1. The van der Waals surface area contributed by atoms with Gasteiger partial charge in [0.25, 0.3) is 11.6 Å². The van der Waals surface area contributed by atoms with Crippen LogP contribution in [0.15, 0.2) is 18.2 Å². The Labute approximate surface area is 144 Å².